The number of hydrogen-bond acceptors (Lipinski definition) is 11. The first-order valence-electron chi connectivity index (χ1n) is 10.0. The summed E-state index contributed by atoms with van der Waals surface area (Å²) in [6.07, 6.45) is -7.55. The lowest BCUT2D eigenvalue weighted by Gasteiger charge is -2.39. The molecule has 4 rings (SSSR count). The molecule has 0 unspecified atom stereocenters. The lowest BCUT2D eigenvalue weighted by atomic mass is 9.99. The van der Waals surface area contributed by atoms with Crippen LogP contribution in [-0.4, -0.2) is 79.1 Å². The molecule has 11 nitrogen and oxygen atoms in total. The van der Waals surface area contributed by atoms with Crippen LogP contribution in [0.15, 0.2) is 33.5 Å². The van der Waals surface area contributed by atoms with Gasteiger partial charge in [0.2, 0.25) is 17.5 Å². The van der Waals surface area contributed by atoms with Crippen molar-refractivity contribution in [2.24, 2.45) is 0 Å². The molecule has 2 heterocycles. The Hall–Kier alpha value is -3.09. The Morgan fingerprint density at radius 1 is 0.939 bits per heavy atom. The van der Waals surface area contributed by atoms with Gasteiger partial charge in [-0.05, 0) is 12.1 Å². The molecule has 11 heteroatoms. The van der Waals surface area contributed by atoms with Crippen LogP contribution >= 0.6 is 0 Å². The predicted molar refractivity (Wildman–Crippen MR) is 114 cm³/mol. The Bertz CT molecular complexity index is 1220. The largest absolute Gasteiger partial charge is 0.496 e. The summed E-state index contributed by atoms with van der Waals surface area (Å²) in [6.45, 7) is -0.627. The van der Waals surface area contributed by atoms with E-state index in [9.17, 15) is 25.2 Å². The molecule has 1 saturated heterocycles. The number of methoxy groups -OCH3 is 3. The van der Waals surface area contributed by atoms with Gasteiger partial charge in [0.05, 0.1) is 33.3 Å². The van der Waals surface area contributed by atoms with Gasteiger partial charge in [0.25, 0.3) is 0 Å². The number of aliphatic hydroxyl groups excluding tert-OH is 4. The van der Waals surface area contributed by atoms with Gasteiger partial charge in [-0.2, -0.15) is 0 Å². The van der Waals surface area contributed by atoms with E-state index in [2.05, 4.69) is 0 Å². The van der Waals surface area contributed by atoms with Crippen molar-refractivity contribution >= 4 is 21.9 Å². The molecule has 178 valence electrons. The quantitative estimate of drug-likeness (QED) is 0.368. The molecule has 1 fully saturated rings. The molecule has 5 atom stereocenters. The summed E-state index contributed by atoms with van der Waals surface area (Å²) >= 11 is 0. The summed E-state index contributed by atoms with van der Waals surface area (Å²) in [5.41, 5.74) is -0.214. The summed E-state index contributed by atoms with van der Waals surface area (Å²) in [5.74, 6) is 0.812. The van der Waals surface area contributed by atoms with Gasteiger partial charge in [-0.3, -0.25) is 4.79 Å². The van der Waals surface area contributed by atoms with E-state index >= 15 is 0 Å². The molecule has 4 N–H and O–H groups in total. The molecule has 1 aromatic heterocycles. The van der Waals surface area contributed by atoms with Crippen LogP contribution in [-0.2, 0) is 4.74 Å². The van der Waals surface area contributed by atoms with Crippen molar-refractivity contribution in [3.63, 3.8) is 0 Å². The molecule has 0 radical (unpaired) electrons. The molecule has 0 bridgehead atoms. The van der Waals surface area contributed by atoms with E-state index in [0.717, 1.165) is 0 Å². The predicted octanol–water partition coefficient (Wildman–Crippen LogP) is 0.151. The van der Waals surface area contributed by atoms with Crippen molar-refractivity contribution in [1.29, 1.82) is 0 Å². The summed E-state index contributed by atoms with van der Waals surface area (Å²) in [7, 11) is 4.28. The van der Waals surface area contributed by atoms with Crippen LogP contribution in [0.4, 0.5) is 0 Å². The zero-order chi connectivity index (χ0) is 23.9. The highest BCUT2D eigenvalue weighted by atomic mass is 16.7. The van der Waals surface area contributed by atoms with Gasteiger partial charge in [0.15, 0.2) is 11.3 Å². The maximum absolute atomic E-state index is 13.4. The molecule has 0 spiro atoms. The number of ether oxygens (including phenoxy) is 5. The third kappa shape index (κ3) is 3.83. The fourth-order valence-corrected chi connectivity index (χ4v) is 3.79. The number of fused-ring (bicyclic) bond motifs is 2. The van der Waals surface area contributed by atoms with E-state index in [1.807, 2.05) is 0 Å². The maximum atomic E-state index is 13.4. The SMILES string of the molecule is COc1cc(O[C@H]2O[C@@H](CO)[C@H](O)[C@H](O)[C@@H]2O)c2c(=O)c3ccc(OC)c(OC)c3oc2c1. The standard InChI is InChI=1S/C22H24O11/c1-28-9-6-12-15(16(24)10-4-5-11(29-2)21(30-3)20(10)31-12)13(7-9)32-22-19(27)18(26)17(25)14(8-23)33-22/h4-7,14,17-19,22-23,25-27H,8H2,1-3H3/t14-,17-,18-,19-,22-/m0/s1. The van der Waals surface area contributed by atoms with Gasteiger partial charge in [-0.15, -0.1) is 0 Å². The van der Waals surface area contributed by atoms with Gasteiger partial charge >= 0.3 is 0 Å². The Morgan fingerprint density at radius 2 is 1.70 bits per heavy atom. The molecular formula is C22H24O11. The second-order valence-electron chi connectivity index (χ2n) is 7.42. The van der Waals surface area contributed by atoms with Crippen molar-refractivity contribution in [3.8, 4) is 23.0 Å². The normalized spacial score (nSPS) is 25.2. The third-order valence-corrected chi connectivity index (χ3v) is 5.55. The Balaban J connectivity index is 1.90. The summed E-state index contributed by atoms with van der Waals surface area (Å²) in [4.78, 5) is 13.4. The van der Waals surface area contributed by atoms with Gasteiger partial charge in [-0.1, -0.05) is 0 Å². The van der Waals surface area contributed by atoms with E-state index in [0.29, 0.717) is 5.75 Å². The molecular weight excluding hydrogens is 440 g/mol. The van der Waals surface area contributed by atoms with Crippen LogP contribution in [0, 0.1) is 0 Å². The van der Waals surface area contributed by atoms with Gasteiger partial charge in [-0.25, -0.2) is 0 Å². The monoisotopic (exact) mass is 464 g/mol. The second-order valence-corrected chi connectivity index (χ2v) is 7.42. The highest BCUT2D eigenvalue weighted by Gasteiger charge is 2.45. The van der Waals surface area contributed by atoms with Crippen molar-refractivity contribution in [2.75, 3.05) is 27.9 Å². The van der Waals surface area contributed by atoms with Crippen molar-refractivity contribution in [3.05, 3.63) is 34.5 Å². The van der Waals surface area contributed by atoms with Crippen molar-refractivity contribution in [1.82, 2.24) is 0 Å². The Kier molecular flexibility index (Phi) is 6.32. The van der Waals surface area contributed by atoms with Crippen molar-refractivity contribution < 1.29 is 48.5 Å². The molecule has 33 heavy (non-hydrogen) atoms. The smallest absolute Gasteiger partial charge is 0.229 e. The fourth-order valence-electron chi connectivity index (χ4n) is 3.79. The van der Waals surface area contributed by atoms with Gasteiger partial charge in [0, 0.05) is 12.1 Å². The number of aliphatic hydroxyl groups is 4. The molecule has 1 aliphatic heterocycles. The first kappa shape index (κ1) is 23.1. The molecule has 2 aromatic carbocycles. The third-order valence-electron chi connectivity index (χ3n) is 5.55. The Labute approximate surface area is 187 Å². The topological polar surface area (TPSA) is 157 Å². The van der Waals surface area contributed by atoms with Crippen LogP contribution in [0.3, 0.4) is 0 Å². The zero-order valence-electron chi connectivity index (χ0n) is 18.0. The van der Waals surface area contributed by atoms with Crippen LogP contribution in [0.5, 0.6) is 23.0 Å². The van der Waals surface area contributed by atoms with Crippen LogP contribution in [0.2, 0.25) is 0 Å². The number of benzene rings is 2. The summed E-state index contributed by atoms with van der Waals surface area (Å²) in [6, 6.07) is 5.96. The zero-order valence-corrected chi connectivity index (χ0v) is 18.0. The minimum absolute atomic E-state index is 0.0208. The molecule has 3 aromatic rings. The van der Waals surface area contributed by atoms with Gasteiger partial charge < -0.3 is 48.5 Å². The van der Waals surface area contributed by atoms with E-state index in [1.54, 1.807) is 6.07 Å². The second kappa shape index (κ2) is 9.04. The first-order valence-corrected chi connectivity index (χ1v) is 10.0. The minimum Gasteiger partial charge on any atom is -0.496 e. The van der Waals surface area contributed by atoms with E-state index in [4.69, 9.17) is 28.1 Å². The Morgan fingerprint density at radius 3 is 2.33 bits per heavy atom. The van der Waals surface area contributed by atoms with E-state index in [-0.39, 0.29) is 39.2 Å². The van der Waals surface area contributed by atoms with Crippen LogP contribution < -0.4 is 24.4 Å². The number of rotatable bonds is 6. The van der Waals surface area contributed by atoms with E-state index < -0.39 is 42.7 Å². The van der Waals surface area contributed by atoms with E-state index in [1.165, 1.54) is 39.5 Å². The minimum atomic E-state index is -1.67. The lowest BCUT2D eigenvalue weighted by Crippen LogP contribution is -2.60. The van der Waals surface area contributed by atoms with Crippen LogP contribution in [0.25, 0.3) is 21.9 Å². The molecule has 0 saturated carbocycles. The summed E-state index contributed by atoms with van der Waals surface area (Å²) in [5, 5.41) is 40.0. The molecule has 0 aliphatic carbocycles. The molecule has 0 amide bonds. The average Bonchev–Trinajstić information content (AvgIpc) is 2.83. The maximum Gasteiger partial charge on any atom is 0.229 e. The molecule has 1 aliphatic rings. The first-order chi connectivity index (χ1) is 15.8. The lowest BCUT2D eigenvalue weighted by molar-refractivity contribution is -0.277. The van der Waals surface area contributed by atoms with Crippen LogP contribution in [0.1, 0.15) is 0 Å². The highest BCUT2D eigenvalue weighted by molar-refractivity contribution is 5.96. The fraction of sp³-hybridized carbons (Fsp3) is 0.409. The van der Waals surface area contributed by atoms with Gasteiger partial charge in [0.1, 0.15) is 46.9 Å². The summed E-state index contributed by atoms with van der Waals surface area (Å²) < 4.78 is 33.1. The number of hydrogen-bond donors (Lipinski definition) is 4. The highest BCUT2D eigenvalue weighted by Crippen LogP contribution is 2.39. The average molecular weight is 464 g/mol. The van der Waals surface area contributed by atoms with Crippen molar-refractivity contribution in [2.45, 2.75) is 30.7 Å².